The number of amides is 1. The molecule has 0 saturated heterocycles. The molecule has 0 spiro atoms. The number of hydrazone groups is 1. The molecule has 0 radical (unpaired) electrons. The summed E-state index contributed by atoms with van der Waals surface area (Å²) in [6.07, 6.45) is 1.40. The molecule has 0 atom stereocenters. The van der Waals surface area contributed by atoms with Crippen molar-refractivity contribution in [3.63, 3.8) is 0 Å². The minimum Gasteiger partial charge on any atom is -0.378 e. The van der Waals surface area contributed by atoms with Crippen molar-refractivity contribution in [2.24, 2.45) is 5.10 Å². The SMILES string of the molecule is Cc1ccc(S(=O)(=O)Oc2ccc(/C=N\NC(=O)c3ccc(Cl)c(Cl)c3)cc2Br)cc1. The van der Waals surface area contributed by atoms with Gasteiger partial charge in [0.2, 0.25) is 0 Å². The van der Waals surface area contributed by atoms with Crippen LogP contribution in [0.1, 0.15) is 21.5 Å². The Labute approximate surface area is 198 Å². The Hall–Kier alpha value is -2.39. The Kier molecular flexibility index (Phi) is 7.38. The first-order valence-electron chi connectivity index (χ1n) is 8.75. The molecule has 3 aromatic carbocycles. The Morgan fingerprint density at radius 3 is 2.39 bits per heavy atom. The molecule has 3 aromatic rings. The van der Waals surface area contributed by atoms with E-state index in [2.05, 4.69) is 26.5 Å². The molecule has 10 heteroatoms. The monoisotopic (exact) mass is 540 g/mol. The van der Waals surface area contributed by atoms with E-state index in [4.69, 9.17) is 27.4 Å². The molecule has 0 saturated carbocycles. The van der Waals surface area contributed by atoms with Gasteiger partial charge in [-0.3, -0.25) is 4.79 Å². The van der Waals surface area contributed by atoms with Crippen LogP contribution in [0.25, 0.3) is 0 Å². The number of carbonyl (C=O) groups excluding carboxylic acids is 1. The van der Waals surface area contributed by atoms with Gasteiger partial charge >= 0.3 is 10.1 Å². The number of benzene rings is 3. The Balaban J connectivity index is 1.68. The van der Waals surface area contributed by atoms with Crippen molar-refractivity contribution in [1.82, 2.24) is 5.43 Å². The molecule has 0 aromatic heterocycles. The minimum absolute atomic E-state index is 0.0562. The van der Waals surface area contributed by atoms with Crippen LogP contribution in [0.2, 0.25) is 10.0 Å². The number of rotatable bonds is 6. The van der Waals surface area contributed by atoms with E-state index in [9.17, 15) is 13.2 Å². The predicted octanol–water partition coefficient (Wildman–Crippen LogP) is 5.60. The third-order valence-corrected chi connectivity index (χ3v) is 6.63. The van der Waals surface area contributed by atoms with Gasteiger partial charge in [-0.15, -0.1) is 0 Å². The number of hydrogen-bond acceptors (Lipinski definition) is 5. The van der Waals surface area contributed by atoms with Gasteiger partial charge in [-0.1, -0.05) is 40.9 Å². The van der Waals surface area contributed by atoms with Gasteiger partial charge < -0.3 is 4.18 Å². The second-order valence-electron chi connectivity index (χ2n) is 6.37. The quantitative estimate of drug-likeness (QED) is 0.250. The number of nitrogens with one attached hydrogen (secondary N) is 1. The molecular formula is C21H15BrCl2N2O4S. The lowest BCUT2D eigenvalue weighted by molar-refractivity contribution is 0.0955. The molecule has 0 bridgehead atoms. The highest BCUT2D eigenvalue weighted by atomic mass is 79.9. The van der Waals surface area contributed by atoms with E-state index in [0.29, 0.717) is 20.6 Å². The molecule has 6 nitrogen and oxygen atoms in total. The lowest BCUT2D eigenvalue weighted by Gasteiger charge is -2.09. The lowest BCUT2D eigenvalue weighted by Crippen LogP contribution is -2.17. The summed E-state index contributed by atoms with van der Waals surface area (Å²) in [7, 11) is -3.97. The van der Waals surface area contributed by atoms with Crippen LogP contribution in [0.5, 0.6) is 5.75 Å². The molecule has 160 valence electrons. The fraction of sp³-hybridized carbons (Fsp3) is 0.0476. The molecular weight excluding hydrogens is 527 g/mol. The average molecular weight is 542 g/mol. The van der Waals surface area contributed by atoms with Crippen molar-refractivity contribution in [1.29, 1.82) is 0 Å². The van der Waals surface area contributed by atoms with Gasteiger partial charge in [0.05, 0.1) is 20.7 Å². The van der Waals surface area contributed by atoms with E-state index < -0.39 is 16.0 Å². The summed E-state index contributed by atoms with van der Waals surface area (Å²) in [5, 5.41) is 4.50. The number of aryl methyl sites for hydroxylation is 1. The number of nitrogens with zero attached hydrogens (tertiary/aromatic N) is 1. The summed E-state index contributed by atoms with van der Waals surface area (Å²) in [5.74, 6) is -0.337. The van der Waals surface area contributed by atoms with Crippen molar-refractivity contribution < 1.29 is 17.4 Å². The van der Waals surface area contributed by atoms with Crippen molar-refractivity contribution in [2.75, 3.05) is 0 Å². The van der Waals surface area contributed by atoms with E-state index in [1.807, 2.05) is 6.92 Å². The molecule has 1 N–H and O–H groups in total. The minimum atomic E-state index is -3.97. The molecule has 31 heavy (non-hydrogen) atoms. The Bertz CT molecular complexity index is 1260. The molecule has 0 aliphatic carbocycles. The van der Waals surface area contributed by atoms with E-state index in [-0.39, 0.29) is 15.7 Å². The van der Waals surface area contributed by atoms with Gasteiger partial charge in [-0.25, -0.2) is 5.43 Å². The van der Waals surface area contributed by atoms with Crippen LogP contribution in [-0.4, -0.2) is 20.5 Å². The van der Waals surface area contributed by atoms with Gasteiger partial charge in [-0.2, -0.15) is 13.5 Å². The highest BCUT2D eigenvalue weighted by Crippen LogP contribution is 2.28. The van der Waals surface area contributed by atoms with Crippen molar-refractivity contribution in [3.8, 4) is 5.75 Å². The number of hydrogen-bond donors (Lipinski definition) is 1. The highest BCUT2D eigenvalue weighted by Gasteiger charge is 2.18. The predicted molar refractivity (Wildman–Crippen MR) is 125 cm³/mol. The Morgan fingerprint density at radius 1 is 1.03 bits per heavy atom. The van der Waals surface area contributed by atoms with Crippen LogP contribution in [-0.2, 0) is 10.1 Å². The van der Waals surface area contributed by atoms with Crippen LogP contribution < -0.4 is 9.61 Å². The van der Waals surface area contributed by atoms with Crippen molar-refractivity contribution in [2.45, 2.75) is 11.8 Å². The first-order valence-corrected chi connectivity index (χ1v) is 11.7. The van der Waals surface area contributed by atoms with E-state index in [0.717, 1.165) is 5.56 Å². The Morgan fingerprint density at radius 2 is 1.74 bits per heavy atom. The normalized spacial score (nSPS) is 11.5. The van der Waals surface area contributed by atoms with E-state index >= 15 is 0 Å². The molecule has 0 heterocycles. The standard InChI is InChI=1S/C21H15BrCl2N2O4S/c1-13-2-6-16(7-3-13)31(28,29)30-20-9-4-14(10-17(20)22)12-25-26-21(27)15-5-8-18(23)19(24)11-15/h2-12H,1H3,(H,26,27)/b25-12-. The average Bonchev–Trinajstić information content (AvgIpc) is 2.72. The van der Waals surface area contributed by atoms with Crippen LogP contribution in [0.4, 0.5) is 0 Å². The smallest absolute Gasteiger partial charge is 0.339 e. The summed E-state index contributed by atoms with van der Waals surface area (Å²) in [6, 6.07) is 15.5. The van der Waals surface area contributed by atoms with Crippen LogP contribution in [0.3, 0.4) is 0 Å². The molecule has 0 aliphatic heterocycles. The second-order valence-corrected chi connectivity index (χ2v) is 9.58. The van der Waals surface area contributed by atoms with Crippen LogP contribution >= 0.6 is 39.1 Å². The molecule has 3 rings (SSSR count). The van der Waals surface area contributed by atoms with Crippen molar-refractivity contribution >= 4 is 61.4 Å². The molecule has 0 aliphatic rings. The summed E-state index contributed by atoms with van der Waals surface area (Å²) in [4.78, 5) is 12.2. The maximum atomic E-state index is 12.4. The third kappa shape index (κ3) is 6.07. The van der Waals surface area contributed by atoms with Gasteiger partial charge in [0.15, 0.2) is 5.75 Å². The first kappa shape index (κ1) is 23.3. The number of halogens is 3. The zero-order valence-corrected chi connectivity index (χ0v) is 19.9. The fourth-order valence-electron chi connectivity index (χ4n) is 2.40. The third-order valence-electron chi connectivity index (χ3n) is 4.03. The van der Waals surface area contributed by atoms with E-state index in [1.165, 1.54) is 42.6 Å². The molecule has 0 fully saturated rings. The van der Waals surface area contributed by atoms with Crippen LogP contribution in [0, 0.1) is 6.92 Å². The molecule has 0 unspecified atom stereocenters. The zero-order valence-electron chi connectivity index (χ0n) is 16.0. The summed E-state index contributed by atoms with van der Waals surface area (Å²) >= 11 is 15.0. The maximum absolute atomic E-state index is 12.4. The van der Waals surface area contributed by atoms with Gasteiger partial charge in [-0.05, 0) is 76.9 Å². The lowest BCUT2D eigenvalue weighted by atomic mass is 10.2. The summed E-state index contributed by atoms with van der Waals surface area (Å²) < 4.78 is 30.5. The second kappa shape index (κ2) is 9.82. The number of carbonyl (C=O) groups is 1. The van der Waals surface area contributed by atoms with E-state index in [1.54, 1.807) is 24.3 Å². The van der Waals surface area contributed by atoms with Crippen LogP contribution in [0.15, 0.2) is 75.1 Å². The highest BCUT2D eigenvalue weighted by molar-refractivity contribution is 9.10. The topological polar surface area (TPSA) is 84.8 Å². The van der Waals surface area contributed by atoms with Gasteiger partial charge in [0.1, 0.15) is 4.90 Å². The molecule has 1 amide bonds. The zero-order chi connectivity index (χ0) is 22.6. The van der Waals surface area contributed by atoms with Crippen molar-refractivity contribution in [3.05, 3.63) is 91.9 Å². The summed E-state index contributed by atoms with van der Waals surface area (Å²) in [6.45, 7) is 1.86. The maximum Gasteiger partial charge on any atom is 0.339 e. The van der Waals surface area contributed by atoms with Gasteiger partial charge in [0, 0.05) is 5.56 Å². The fourth-order valence-corrected chi connectivity index (χ4v) is 4.23. The summed E-state index contributed by atoms with van der Waals surface area (Å²) in [5.41, 5.74) is 4.22. The largest absolute Gasteiger partial charge is 0.378 e. The van der Waals surface area contributed by atoms with Gasteiger partial charge in [0.25, 0.3) is 5.91 Å². The first-order chi connectivity index (χ1) is 14.7.